The molecule has 0 spiro atoms. The Kier molecular flexibility index (Phi) is 6.48. The smallest absolute Gasteiger partial charge is 0.307 e. The van der Waals surface area contributed by atoms with Gasteiger partial charge in [0, 0.05) is 12.1 Å². The number of halogens is 3. The summed E-state index contributed by atoms with van der Waals surface area (Å²) in [5, 5.41) is 3.68. The molecule has 0 amide bonds. The van der Waals surface area contributed by atoms with E-state index in [4.69, 9.17) is 0 Å². The third-order valence-electron chi connectivity index (χ3n) is 4.34. The minimum Gasteiger partial charge on any atom is -0.307 e. The summed E-state index contributed by atoms with van der Waals surface area (Å²) in [6.07, 6.45) is -1.51. The molecule has 1 heterocycles. The van der Waals surface area contributed by atoms with E-state index in [0.717, 1.165) is 19.3 Å². The van der Waals surface area contributed by atoms with Crippen molar-refractivity contribution >= 4 is 0 Å². The predicted molar refractivity (Wildman–Crippen MR) is 87.3 cm³/mol. The Morgan fingerprint density at radius 2 is 1.74 bits per heavy atom. The largest absolute Gasteiger partial charge is 0.401 e. The fraction of sp³-hybridized carbons (Fsp3) is 0.667. The Morgan fingerprint density at radius 3 is 2.26 bits per heavy atom. The molecule has 1 saturated heterocycles. The quantitative estimate of drug-likeness (QED) is 0.833. The summed E-state index contributed by atoms with van der Waals surface area (Å²) in [6, 6.07) is 10.9. The maximum Gasteiger partial charge on any atom is 0.401 e. The highest BCUT2D eigenvalue weighted by Crippen LogP contribution is 2.25. The lowest BCUT2D eigenvalue weighted by Gasteiger charge is -2.35. The Labute approximate surface area is 137 Å². The van der Waals surface area contributed by atoms with Crippen molar-refractivity contribution in [1.82, 2.24) is 10.2 Å². The maximum absolute atomic E-state index is 12.5. The van der Waals surface area contributed by atoms with E-state index in [1.807, 2.05) is 18.2 Å². The van der Waals surface area contributed by atoms with Crippen LogP contribution in [0, 0.1) is 5.92 Å². The normalized spacial score (nSPS) is 19.2. The van der Waals surface area contributed by atoms with Gasteiger partial charge in [-0.3, -0.25) is 4.90 Å². The number of rotatable bonds is 6. The van der Waals surface area contributed by atoms with Gasteiger partial charge in [0.25, 0.3) is 0 Å². The van der Waals surface area contributed by atoms with Gasteiger partial charge in [0.15, 0.2) is 0 Å². The van der Waals surface area contributed by atoms with E-state index in [9.17, 15) is 13.2 Å². The van der Waals surface area contributed by atoms with Crippen LogP contribution in [0.3, 0.4) is 0 Å². The van der Waals surface area contributed by atoms with Gasteiger partial charge >= 0.3 is 6.18 Å². The molecule has 1 N–H and O–H groups in total. The van der Waals surface area contributed by atoms with Crippen LogP contribution in [0.5, 0.6) is 0 Å². The Balaban J connectivity index is 1.89. The summed E-state index contributed by atoms with van der Waals surface area (Å²) in [6.45, 7) is 4.64. The monoisotopic (exact) mass is 328 g/mol. The van der Waals surface area contributed by atoms with E-state index < -0.39 is 12.7 Å². The molecule has 2 nitrogen and oxygen atoms in total. The highest BCUT2D eigenvalue weighted by Gasteiger charge is 2.32. The molecule has 1 aliphatic heterocycles. The fourth-order valence-corrected chi connectivity index (χ4v) is 3.25. The average Bonchev–Trinajstić information content (AvgIpc) is 2.47. The number of benzene rings is 1. The van der Waals surface area contributed by atoms with Crippen molar-refractivity contribution in [2.45, 2.75) is 51.4 Å². The van der Waals surface area contributed by atoms with Crippen molar-refractivity contribution < 1.29 is 13.2 Å². The molecule has 2 rings (SSSR count). The zero-order valence-electron chi connectivity index (χ0n) is 13.9. The molecule has 130 valence electrons. The maximum atomic E-state index is 12.5. The van der Waals surface area contributed by atoms with Gasteiger partial charge in [-0.1, -0.05) is 44.2 Å². The minimum atomic E-state index is -4.09. The third-order valence-corrected chi connectivity index (χ3v) is 4.34. The van der Waals surface area contributed by atoms with Crippen LogP contribution in [0.1, 0.15) is 44.7 Å². The summed E-state index contributed by atoms with van der Waals surface area (Å²) in [5.41, 5.74) is 1.26. The first-order valence-corrected chi connectivity index (χ1v) is 8.43. The zero-order valence-corrected chi connectivity index (χ0v) is 13.9. The van der Waals surface area contributed by atoms with E-state index in [0.29, 0.717) is 25.0 Å². The van der Waals surface area contributed by atoms with Crippen molar-refractivity contribution in [2.75, 3.05) is 19.6 Å². The summed E-state index contributed by atoms with van der Waals surface area (Å²) < 4.78 is 37.4. The molecule has 1 unspecified atom stereocenters. The molecule has 0 aromatic heterocycles. The van der Waals surface area contributed by atoms with E-state index in [2.05, 4.69) is 31.3 Å². The lowest BCUT2D eigenvalue weighted by molar-refractivity contribution is -0.148. The first kappa shape index (κ1) is 18.3. The number of alkyl halides is 3. The molecule has 1 aliphatic rings. The summed E-state index contributed by atoms with van der Waals surface area (Å²) in [4.78, 5) is 1.51. The minimum absolute atomic E-state index is 0.273. The molecule has 1 aromatic rings. The van der Waals surface area contributed by atoms with Gasteiger partial charge in [-0.25, -0.2) is 0 Å². The summed E-state index contributed by atoms with van der Waals surface area (Å²) in [7, 11) is 0. The van der Waals surface area contributed by atoms with Crippen molar-refractivity contribution in [1.29, 1.82) is 0 Å². The van der Waals surface area contributed by atoms with Crippen molar-refractivity contribution in [3.05, 3.63) is 35.9 Å². The molecule has 1 fully saturated rings. The molecule has 23 heavy (non-hydrogen) atoms. The molecule has 0 saturated carbocycles. The molecular weight excluding hydrogens is 301 g/mol. The van der Waals surface area contributed by atoms with Gasteiger partial charge in [-0.05, 0) is 43.8 Å². The van der Waals surface area contributed by atoms with Crippen LogP contribution in [-0.4, -0.2) is 36.8 Å². The predicted octanol–water partition coefficient (Wildman–Crippen LogP) is 4.39. The van der Waals surface area contributed by atoms with Gasteiger partial charge in [-0.15, -0.1) is 0 Å². The highest BCUT2D eigenvalue weighted by molar-refractivity contribution is 5.19. The van der Waals surface area contributed by atoms with E-state index >= 15 is 0 Å². The Hall–Kier alpha value is -1.07. The molecule has 0 aliphatic carbocycles. The lowest BCUT2D eigenvalue weighted by atomic mass is 9.94. The first-order valence-electron chi connectivity index (χ1n) is 8.43. The zero-order chi connectivity index (χ0) is 16.9. The molecular formula is C18H27F3N2. The lowest BCUT2D eigenvalue weighted by Crippen LogP contribution is -2.46. The second kappa shape index (κ2) is 8.15. The van der Waals surface area contributed by atoms with Crippen LogP contribution in [0.25, 0.3) is 0 Å². The number of hydrogen-bond donors (Lipinski definition) is 1. The molecule has 1 aromatic carbocycles. The van der Waals surface area contributed by atoms with E-state index in [1.165, 1.54) is 10.5 Å². The topological polar surface area (TPSA) is 15.3 Å². The molecule has 5 heteroatoms. The number of hydrogen-bond acceptors (Lipinski definition) is 2. The van der Waals surface area contributed by atoms with Crippen LogP contribution in [0.4, 0.5) is 13.2 Å². The first-order chi connectivity index (χ1) is 10.8. The van der Waals surface area contributed by atoms with Crippen molar-refractivity contribution in [3.63, 3.8) is 0 Å². The van der Waals surface area contributed by atoms with Gasteiger partial charge in [0.1, 0.15) is 0 Å². The molecule has 0 bridgehead atoms. The second-order valence-corrected chi connectivity index (χ2v) is 6.93. The van der Waals surface area contributed by atoms with Gasteiger partial charge in [0.05, 0.1) is 6.54 Å². The number of piperidine rings is 1. The number of likely N-dealkylation sites (tertiary alicyclic amines) is 1. The standard InChI is InChI=1S/C18H27F3N2/c1-14(2)12-17(15-6-4-3-5-7-15)22-16-8-10-23(11-9-16)13-18(19,20)21/h3-7,14,16-17,22H,8-13H2,1-2H3. The Bertz CT molecular complexity index is 451. The average molecular weight is 328 g/mol. The van der Waals surface area contributed by atoms with E-state index in [-0.39, 0.29) is 6.04 Å². The van der Waals surface area contributed by atoms with Gasteiger partial charge < -0.3 is 5.32 Å². The van der Waals surface area contributed by atoms with E-state index in [1.54, 1.807) is 0 Å². The fourth-order valence-electron chi connectivity index (χ4n) is 3.25. The van der Waals surface area contributed by atoms with Crippen molar-refractivity contribution in [3.8, 4) is 0 Å². The highest BCUT2D eigenvalue weighted by atomic mass is 19.4. The van der Waals surface area contributed by atoms with Crippen molar-refractivity contribution in [2.24, 2.45) is 5.92 Å². The van der Waals surface area contributed by atoms with Crippen LogP contribution in [0.15, 0.2) is 30.3 Å². The number of nitrogens with zero attached hydrogens (tertiary/aromatic N) is 1. The van der Waals surface area contributed by atoms with Gasteiger partial charge in [-0.2, -0.15) is 13.2 Å². The summed E-state index contributed by atoms with van der Waals surface area (Å²) in [5.74, 6) is 0.568. The van der Waals surface area contributed by atoms with Gasteiger partial charge in [0.2, 0.25) is 0 Å². The second-order valence-electron chi connectivity index (χ2n) is 6.93. The van der Waals surface area contributed by atoms with Crippen LogP contribution in [0.2, 0.25) is 0 Å². The van der Waals surface area contributed by atoms with Crippen LogP contribution >= 0.6 is 0 Å². The molecule has 1 atom stereocenters. The van der Waals surface area contributed by atoms with Crippen LogP contribution < -0.4 is 5.32 Å². The Morgan fingerprint density at radius 1 is 1.13 bits per heavy atom. The molecule has 0 radical (unpaired) electrons. The SMILES string of the molecule is CC(C)CC(NC1CCN(CC(F)(F)F)CC1)c1ccccc1. The van der Waals surface area contributed by atoms with Crippen LogP contribution in [-0.2, 0) is 0 Å². The summed E-state index contributed by atoms with van der Waals surface area (Å²) >= 11 is 0. The third kappa shape index (κ3) is 6.51. The number of nitrogens with one attached hydrogen (secondary N) is 1.